The lowest BCUT2D eigenvalue weighted by Gasteiger charge is -2.18. The molecule has 1 fully saturated rings. The third-order valence-corrected chi connectivity index (χ3v) is 4.15. The van der Waals surface area contributed by atoms with Gasteiger partial charge in [0, 0.05) is 0 Å². The monoisotopic (exact) mass is 271 g/mol. The fraction of sp³-hybridized carbons (Fsp3) is 0.375. The molecule has 2 amide bonds. The topological polar surface area (TPSA) is 46.6 Å². The van der Waals surface area contributed by atoms with Crippen molar-refractivity contribution in [2.75, 3.05) is 12.0 Å². The van der Waals surface area contributed by atoms with E-state index in [0.717, 1.165) is 0 Å². The molecule has 2 aliphatic rings. The first-order chi connectivity index (χ1) is 9.61. The Morgan fingerprint density at radius 3 is 2.40 bits per heavy atom. The number of hydrogen-bond donors (Lipinski definition) is 0. The Hall–Kier alpha value is -2.10. The smallest absolute Gasteiger partial charge is 0.238 e. The molecule has 4 nitrogen and oxygen atoms in total. The molecule has 20 heavy (non-hydrogen) atoms. The van der Waals surface area contributed by atoms with Crippen LogP contribution in [0.3, 0.4) is 0 Å². The van der Waals surface area contributed by atoms with Crippen molar-refractivity contribution < 1.29 is 14.3 Å². The van der Waals surface area contributed by atoms with Crippen molar-refractivity contribution in [1.29, 1.82) is 0 Å². The number of carbonyl (C=O) groups is 2. The number of carbonyl (C=O) groups excluding carboxylic acids is 2. The molecule has 0 unspecified atom stereocenters. The van der Waals surface area contributed by atoms with Gasteiger partial charge in [-0.1, -0.05) is 11.6 Å². The molecule has 1 aromatic rings. The zero-order valence-corrected chi connectivity index (χ0v) is 11.6. The number of allylic oxidation sites excluding steroid dienone is 2. The minimum Gasteiger partial charge on any atom is -0.497 e. The number of anilines is 1. The summed E-state index contributed by atoms with van der Waals surface area (Å²) in [4.78, 5) is 26.3. The summed E-state index contributed by atoms with van der Waals surface area (Å²) in [5, 5.41) is 0. The molecule has 104 valence electrons. The number of fused-ring (bicyclic) bond motifs is 1. The summed E-state index contributed by atoms with van der Waals surface area (Å²) < 4.78 is 5.10. The molecular formula is C16H17NO3. The maximum absolute atomic E-state index is 12.5. The number of amides is 2. The Labute approximate surface area is 118 Å². The Morgan fingerprint density at radius 2 is 1.75 bits per heavy atom. The first kappa shape index (κ1) is 12.9. The van der Waals surface area contributed by atoms with E-state index in [4.69, 9.17) is 4.74 Å². The Kier molecular flexibility index (Phi) is 3.08. The number of ether oxygens (including phenoxy) is 1. The van der Waals surface area contributed by atoms with E-state index in [-0.39, 0.29) is 23.7 Å². The van der Waals surface area contributed by atoms with Crippen LogP contribution in [-0.4, -0.2) is 18.9 Å². The van der Waals surface area contributed by atoms with Crippen LogP contribution in [0.2, 0.25) is 0 Å². The number of methoxy groups -OCH3 is 1. The highest BCUT2D eigenvalue weighted by atomic mass is 16.5. The van der Waals surface area contributed by atoms with Crippen molar-refractivity contribution in [3.63, 3.8) is 0 Å². The van der Waals surface area contributed by atoms with Crippen LogP contribution in [-0.2, 0) is 9.59 Å². The highest BCUT2D eigenvalue weighted by Gasteiger charge is 2.48. The van der Waals surface area contributed by atoms with Crippen LogP contribution >= 0.6 is 0 Å². The molecule has 1 heterocycles. The van der Waals surface area contributed by atoms with Crippen molar-refractivity contribution in [1.82, 2.24) is 0 Å². The fourth-order valence-corrected chi connectivity index (χ4v) is 3.02. The third-order valence-electron chi connectivity index (χ3n) is 4.15. The minimum absolute atomic E-state index is 0.0717. The van der Waals surface area contributed by atoms with Crippen LogP contribution < -0.4 is 9.64 Å². The van der Waals surface area contributed by atoms with Crippen LogP contribution in [0.15, 0.2) is 35.9 Å². The highest BCUT2D eigenvalue weighted by molar-refractivity contribution is 6.22. The fourth-order valence-electron chi connectivity index (χ4n) is 3.02. The summed E-state index contributed by atoms with van der Waals surface area (Å²) in [6.07, 6.45) is 3.44. The standard InChI is InChI=1S/C16H17NO3/c1-10-3-8-13-14(9-10)16(19)17(15(13)18)11-4-6-12(20-2)7-5-11/h3-7,13-14H,8-9H2,1-2H3/t13-,14-/m0/s1. The SMILES string of the molecule is COc1ccc(N2C(=O)[C@H]3CC=C(C)C[C@@H]3C2=O)cc1. The maximum Gasteiger partial charge on any atom is 0.238 e. The van der Waals surface area contributed by atoms with E-state index in [1.807, 2.05) is 6.92 Å². The molecule has 0 aromatic heterocycles. The lowest BCUT2D eigenvalue weighted by molar-refractivity contribution is -0.122. The summed E-state index contributed by atoms with van der Waals surface area (Å²) in [7, 11) is 1.59. The lowest BCUT2D eigenvalue weighted by Crippen LogP contribution is -2.30. The first-order valence-electron chi connectivity index (χ1n) is 6.79. The normalized spacial score (nSPS) is 25.5. The van der Waals surface area contributed by atoms with Gasteiger partial charge in [0.2, 0.25) is 11.8 Å². The average Bonchev–Trinajstić information content (AvgIpc) is 2.71. The molecule has 0 saturated carbocycles. The molecular weight excluding hydrogens is 254 g/mol. The van der Waals surface area contributed by atoms with Gasteiger partial charge in [-0.25, -0.2) is 0 Å². The van der Waals surface area contributed by atoms with Gasteiger partial charge in [0.05, 0.1) is 24.6 Å². The molecule has 0 spiro atoms. The zero-order valence-electron chi connectivity index (χ0n) is 11.6. The maximum atomic E-state index is 12.5. The van der Waals surface area contributed by atoms with Gasteiger partial charge in [0.25, 0.3) is 0 Å². The third kappa shape index (κ3) is 1.92. The quantitative estimate of drug-likeness (QED) is 0.613. The lowest BCUT2D eigenvalue weighted by atomic mass is 9.82. The number of rotatable bonds is 2. The molecule has 3 rings (SSSR count). The van der Waals surface area contributed by atoms with E-state index in [9.17, 15) is 9.59 Å². The molecule has 0 radical (unpaired) electrons. The van der Waals surface area contributed by atoms with Crippen molar-refractivity contribution >= 4 is 17.5 Å². The molecule has 1 aliphatic carbocycles. The zero-order chi connectivity index (χ0) is 14.3. The second kappa shape index (κ2) is 4.78. The summed E-state index contributed by atoms with van der Waals surface area (Å²) in [5.41, 5.74) is 1.83. The summed E-state index contributed by atoms with van der Waals surface area (Å²) >= 11 is 0. The number of benzene rings is 1. The predicted molar refractivity (Wildman–Crippen MR) is 75.5 cm³/mol. The molecule has 1 aliphatic heterocycles. The van der Waals surface area contributed by atoms with Gasteiger partial charge in [-0.2, -0.15) is 0 Å². The largest absolute Gasteiger partial charge is 0.497 e. The van der Waals surface area contributed by atoms with Gasteiger partial charge in [0.1, 0.15) is 5.75 Å². The van der Waals surface area contributed by atoms with Gasteiger partial charge in [-0.15, -0.1) is 0 Å². The van der Waals surface area contributed by atoms with Crippen LogP contribution in [0.1, 0.15) is 19.8 Å². The molecule has 0 N–H and O–H groups in total. The second-order valence-electron chi connectivity index (χ2n) is 5.41. The average molecular weight is 271 g/mol. The second-order valence-corrected chi connectivity index (χ2v) is 5.41. The van der Waals surface area contributed by atoms with Crippen LogP contribution in [0.4, 0.5) is 5.69 Å². The van der Waals surface area contributed by atoms with Gasteiger partial charge in [-0.05, 0) is 44.0 Å². The van der Waals surface area contributed by atoms with Crippen molar-refractivity contribution in [3.05, 3.63) is 35.9 Å². The van der Waals surface area contributed by atoms with E-state index >= 15 is 0 Å². The van der Waals surface area contributed by atoms with Crippen molar-refractivity contribution in [2.24, 2.45) is 11.8 Å². The summed E-state index contributed by atoms with van der Waals surface area (Å²) in [6.45, 7) is 2.02. The van der Waals surface area contributed by atoms with Crippen molar-refractivity contribution in [2.45, 2.75) is 19.8 Å². The number of nitrogens with zero attached hydrogens (tertiary/aromatic N) is 1. The van der Waals surface area contributed by atoms with Gasteiger partial charge in [-0.3, -0.25) is 14.5 Å². The van der Waals surface area contributed by atoms with Gasteiger partial charge >= 0.3 is 0 Å². The van der Waals surface area contributed by atoms with E-state index in [1.54, 1.807) is 31.4 Å². The van der Waals surface area contributed by atoms with E-state index in [1.165, 1.54) is 10.5 Å². The van der Waals surface area contributed by atoms with Crippen molar-refractivity contribution in [3.8, 4) is 5.75 Å². The number of imide groups is 1. The van der Waals surface area contributed by atoms with Gasteiger partial charge < -0.3 is 4.74 Å². The van der Waals surface area contributed by atoms with Crippen LogP contribution in [0.5, 0.6) is 5.75 Å². The summed E-state index contributed by atoms with van der Waals surface area (Å²) in [6, 6.07) is 7.04. The Bertz CT molecular complexity index is 588. The minimum atomic E-state index is -0.187. The molecule has 1 aromatic carbocycles. The first-order valence-corrected chi connectivity index (χ1v) is 6.79. The predicted octanol–water partition coefficient (Wildman–Crippen LogP) is 2.54. The molecule has 4 heteroatoms. The molecule has 2 atom stereocenters. The molecule has 1 saturated heterocycles. The van der Waals surface area contributed by atoms with Crippen LogP contribution in [0.25, 0.3) is 0 Å². The van der Waals surface area contributed by atoms with Crippen LogP contribution in [0, 0.1) is 11.8 Å². The Morgan fingerprint density at radius 1 is 1.10 bits per heavy atom. The Balaban J connectivity index is 1.91. The van der Waals surface area contributed by atoms with Gasteiger partial charge in [0.15, 0.2) is 0 Å². The van der Waals surface area contributed by atoms with E-state index < -0.39 is 0 Å². The number of hydrogen-bond acceptors (Lipinski definition) is 3. The highest BCUT2D eigenvalue weighted by Crippen LogP contribution is 2.39. The molecule has 0 bridgehead atoms. The summed E-state index contributed by atoms with van der Waals surface area (Å²) in [5.74, 6) is 0.192. The van der Waals surface area contributed by atoms with E-state index in [0.29, 0.717) is 24.3 Å². The van der Waals surface area contributed by atoms with E-state index in [2.05, 4.69) is 6.08 Å².